The number of carbonyl (C=O) groups is 2. The molecule has 0 aromatic heterocycles. The van der Waals surface area contributed by atoms with Crippen molar-refractivity contribution in [1.82, 2.24) is 4.90 Å². The average Bonchev–Trinajstić information content (AvgIpc) is 2.71. The summed E-state index contributed by atoms with van der Waals surface area (Å²) in [6.45, 7) is 0.328. The first kappa shape index (κ1) is 21.3. The fourth-order valence-corrected chi connectivity index (χ4v) is 2.34. The number of likely N-dealkylation sites (N-methyl/N-ethyl adjacent to an activating group) is 1. The minimum Gasteiger partial charge on any atom is -0.496 e. The zero-order valence-corrected chi connectivity index (χ0v) is 16.5. The van der Waals surface area contributed by atoms with Crippen molar-refractivity contribution in [3.8, 4) is 11.5 Å². The SMILES string of the molecule is COc1ccccc1/C=C/C(=O)OCC(=O)N(C)CCOc1ccc(Cl)cc1. The number of halogens is 1. The van der Waals surface area contributed by atoms with Gasteiger partial charge in [0.1, 0.15) is 18.1 Å². The van der Waals surface area contributed by atoms with Gasteiger partial charge >= 0.3 is 5.97 Å². The van der Waals surface area contributed by atoms with Gasteiger partial charge < -0.3 is 19.1 Å². The molecule has 0 atom stereocenters. The van der Waals surface area contributed by atoms with Crippen LogP contribution in [0.1, 0.15) is 5.56 Å². The molecule has 0 fully saturated rings. The van der Waals surface area contributed by atoms with Crippen molar-refractivity contribution >= 4 is 29.6 Å². The fraction of sp³-hybridized carbons (Fsp3) is 0.238. The molecule has 148 valence electrons. The molecular formula is C21H22ClNO5. The maximum Gasteiger partial charge on any atom is 0.331 e. The van der Waals surface area contributed by atoms with Crippen LogP contribution in [0.25, 0.3) is 6.08 Å². The summed E-state index contributed by atoms with van der Waals surface area (Å²) in [4.78, 5) is 25.3. The van der Waals surface area contributed by atoms with Crippen LogP contribution in [0.3, 0.4) is 0 Å². The van der Waals surface area contributed by atoms with Crippen molar-refractivity contribution in [3.05, 3.63) is 65.2 Å². The van der Waals surface area contributed by atoms with Crippen LogP contribution in [0, 0.1) is 0 Å². The molecule has 0 aliphatic heterocycles. The number of carbonyl (C=O) groups excluding carboxylic acids is 2. The number of amides is 1. The van der Waals surface area contributed by atoms with E-state index in [4.69, 9.17) is 25.8 Å². The van der Waals surface area contributed by atoms with Gasteiger partial charge in [-0.05, 0) is 36.4 Å². The quantitative estimate of drug-likeness (QED) is 0.474. The standard InChI is InChI=1S/C21H22ClNO5/c1-23(13-14-27-18-10-8-17(22)9-11-18)20(24)15-28-21(25)12-7-16-5-3-4-6-19(16)26-2/h3-12H,13-15H2,1-2H3/b12-7+. The van der Waals surface area contributed by atoms with Crippen LogP contribution < -0.4 is 9.47 Å². The van der Waals surface area contributed by atoms with E-state index in [0.717, 1.165) is 5.56 Å². The molecule has 0 N–H and O–H groups in total. The Kier molecular flexibility index (Phi) is 8.37. The van der Waals surface area contributed by atoms with E-state index in [1.54, 1.807) is 50.6 Å². The highest BCUT2D eigenvalue weighted by atomic mass is 35.5. The van der Waals surface area contributed by atoms with E-state index >= 15 is 0 Å². The summed E-state index contributed by atoms with van der Waals surface area (Å²) in [6.07, 6.45) is 2.84. The molecule has 2 aromatic carbocycles. The predicted octanol–water partition coefficient (Wildman–Crippen LogP) is 3.44. The third-order valence-corrected chi connectivity index (χ3v) is 4.06. The van der Waals surface area contributed by atoms with Gasteiger partial charge in [-0.1, -0.05) is 29.8 Å². The lowest BCUT2D eigenvalue weighted by atomic mass is 10.2. The number of para-hydroxylation sites is 1. The third-order valence-electron chi connectivity index (χ3n) is 3.81. The number of hydrogen-bond donors (Lipinski definition) is 0. The van der Waals surface area contributed by atoms with E-state index in [1.165, 1.54) is 11.0 Å². The van der Waals surface area contributed by atoms with Crippen molar-refractivity contribution < 1.29 is 23.8 Å². The van der Waals surface area contributed by atoms with Gasteiger partial charge in [0.25, 0.3) is 5.91 Å². The molecule has 0 unspecified atom stereocenters. The molecule has 0 spiro atoms. The van der Waals surface area contributed by atoms with E-state index in [9.17, 15) is 9.59 Å². The topological polar surface area (TPSA) is 65.1 Å². The summed E-state index contributed by atoms with van der Waals surface area (Å²) < 4.78 is 15.7. The Hall–Kier alpha value is -2.99. The molecule has 28 heavy (non-hydrogen) atoms. The first-order valence-electron chi connectivity index (χ1n) is 8.60. The Morgan fingerprint density at radius 1 is 1.11 bits per heavy atom. The third kappa shape index (κ3) is 6.96. The first-order valence-corrected chi connectivity index (χ1v) is 8.97. The maximum absolute atomic E-state index is 12.0. The second-order valence-electron chi connectivity index (χ2n) is 5.80. The van der Waals surface area contributed by atoms with Crippen LogP contribution in [0.2, 0.25) is 5.02 Å². The molecule has 7 heteroatoms. The zero-order chi connectivity index (χ0) is 20.4. The van der Waals surface area contributed by atoms with Gasteiger partial charge in [0, 0.05) is 23.7 Å². The number of benzene rings is 2. The lowest BCUT2D eigenvalue weighted by Crippen LogP contribution is -2.34. The van der Waals surface area contributed by atoms with Crippen LogP contribution in [0.4, 0.5) is 0 Å². The van der Waals surface area contributed by atoms with E-state index in [1.807, 2.05) is 18.2 Å². The minimum atomic E-state index is -0.606. The lowest BCUT2D eigenvalue weighted by Gasteiger charge is -2.17. The van der Waals surface area contributed by atoms with Gasteiger partial charge in [0.15, 0.2) is 6.61 Å². The van der Waals surface area contributed by atoms with Gasteiger partial charge in [-0.3, -0.25) is 4.79 Å². The van der Waals surface area contributed by atoms with Crippen LogP contribution in [0.15, 0.2) is 54.6 Å². The smallest absolute Gasteiger partial charge is 0.331 e. The molecule has 2 aromatic rings. The molecule has 0 saturated heterocycles. The second-order valence-corrected chi connectivity index (χ2v) is 6.24. The monoisotopic (exact) mass is 403 g/mol. The predicted molar refractivity (Wildman–Crippen MR) is 108 cm³/mol. The zero-order valence-electron chi connectivity index (χ0n) is 15.8. The molecule has 0 radical (unpaired) electrons. The van der Waals surface area contributed by atoms with Gasteiger partial charge in [0.2, 0.25) is 0 Å². The molecule has 2 rings (SSSR count). The van der Waals surface area contributed by atoms with Crippen molar-refractivity contribution in [3.63, 3.8) is 0 Å². The Morgan fingerprint density at radius 3 is 2.54 bits per heavy atom. The number of ether oxygens (including phenoxy) is 3. The Bertz CT molecular complexity index is 820. The Balaban J connectivity index is 1.72. The van der Waals surface area contributed by atoms with Crippen molar-refractivity contribution in [2.75, 3.05) is 33.9 Å². The van der Waals surface area contributed by atoms with Crippen molar-refractivity contribution in [1.29, 1.82) is 0 Å². The highest BCUT2D eigenvalue weighted by Crippen LogP contribution is 2.18. The molecule has 1 amide bonds. The molecule has 0 aliphatic rings. The number of rotatable bonds is 9. The molecule has 0 bridgehead atoms. The summed E-state index contributed by atoms with van der Waals surface area (Å²) in [5.41, 5.74) is 0.741. The van der Waals surface area contributed by atoms with Crippen LogP contribution in [-0.4, -0.2) is 50.7 Å². The Morgan fingerprint density at radius 2 is 1.82 bits per heavy atom. The van der Waals surface area contributed by atoms with Crippen LogP contribution in [0.5, 0.6) is 11.5 Å². The number of esters is 1. The van der Waals surface area contributed by atoms with Gasteiger partial charge in [-0.25, -0.2) is 4.79 Å². The lowest BCUT2D eigenvalue weighted by molar-refractivity contribution is -0.147. The molecule has 6 nitrogen and oxygen atoms in total. The largest absolute Gasteiger partial charge is 0.496 e. The second kappa shape index (κ2) is 11.0. The normalized spacial score (nSPS) is 10.5. The van der Waals surface area contributed by atoms with Crippen LogP contribution in [-0.2, 0) is 14.3 Å². The number of methoxy groups -OCH3 is 1. The summed E-state index contributed by atoms with van der Waals surface area (Å²) >= 11 is 5.81. The van der Waals surface area contributed by atoms with E-state index < -0.39 is 5.97 Å². The first-order chi connectivity index (χ1) is 13.5. The minimum absolute atomic E-state index is 0.311. The highest BCUT2D eigenvalue weighted by Gasteiger charge is 2.11. The number of hydrogen-bond acceptors (Lipinski definition) is 5. The highest BCUT2D eigenvalue weighted by molar-refractivity contribution is 6.30. The molecule has 0 saturated carbocycles. The van der Waals surface area contributed by atoms with E-state index in [2.05, 4.69) is 0 Å². The maximum atomic E-state index is 12.0. The summed E-state index contributed by atoms with van der Waals surface area (Å²) in [5, 5.41) is 0.626. The molecule has 0 heterocycles. The Labute approximate surface area is 169 Å². The van der Waals surface area contributed by atoms with Crippen LogP contribution >= 0.6 is 11.6 Å². The molecular weight excluding hydrogens is 382 g/mol. The van der Waals surface area contributed by atoms with Crippen molar-refractivity contribution in [2.45, 2.75) is 0 Å². The molecule has 0 aliphatic carbocycles. The van der Waals surface area contributed by atoms with E-state index in [0.29, 0.717) is 29.7 Å². The van der Waals surface area contributed by atoms with Gasteiger partial charge in [-0.2, -0.15) is 0 Å². The number of nitrogens with zero attached hydrogens (tertiary/aromatic N) is 1. The van der Waals surface area contributed by atoms with Crippen molar-refractivity contribution in [2.24, 2.45) is 0 Å². The fourth-order valence-electron chi connectivity index (χ4n) is 2.21. The summed E-state index contributed by atoms with van der Waals surface area (Å²) in [7, 11) is 3.17. The summed E-state index contributed by atoms with van der Waals surface area (Å²) in [6, 6.07) is 14.2. The van der Waals surface area contributed by atoms with Gasteiger partial charge in [0.05, 0.1) is 13.7 Å². The average molecular weight is 404 g/mol. The summed E-state index contributed by atoms with van der Waals surface area (Å²) in [5.74, 6) is 0.380. The van der Waals surface area contributed by atoms with Gasteiger partial charge in [-0.15, -0.1) is 0 Å². The van der Waals surface area contributed by atoms with E-state index in [-0.39, 0.29) is 12.5 Å².